The van der Waals surface area contributed by atoms with Crippen LogP contribution in [0.3, 0.4) is 0 Å². The van der Waals surface area contributed by atoms with Crippen LogP contribution in [0.4, 0.5) is 0 Å². The number of ether oxygens (including phenoxy) is 1. The van der Waals surface area contributed by atoms with E-state index < -0.39 is 0 Å². The first kappa shape index (κ1) is 36.1. The van der Waals surface area contributed by atoms with Crippen LogP contribution < -0.4 is 21.5 Å². The lowest BCUT2D eigenvalue weighted by atomic mass is 10.0. The van der Waals surface area contributed by atoms with Gasteiger partial charge >= 0.3 is 0 Å². The molecular weight excluding hydrogens is 481 g/mol. The summed E-state index contributed by atoms with van der Waals surface area (Å²) in [7, 11) is 0. The standard InChI is InChI=1S/C28H51N3O2.2ClH/c1-2-3-4-5-6-7-8-9-12-15-23-33-27-19-18-25(17-16-21-30)24-26(27)28(32)31-22-14-11-10-13-20-29;;/h18-19,24H,2-17,20-23,29-30H2,1H3,(H,31,32);2*1H. The maximum Gasteiger partial charge on any atom is 0.255 e. The number of hydrogen-bond acceptors (Lipinski definition) is 4. The van der Waals surface area contributed by atoms with Crippen LogP contribution in [0.5, 0.6) is 5.75 Å². The fraction of sp³-hybridized carbons (Fsp3) is 0.750. The van der Waals surface area contributed by atoms with Gasteiger partial charge in [0.25, 0.3) is 5.91 Å². The zero-order chi connectivity index (χ0) is 24.0. The van der Waals surface area contributed by atoms with Crippen LogP contribution in [0.15, 0.2) is 18.2 Å². The van der Waals surface area contributed by atoms with Crippen molar-refractivity contribution in [1.29, 1.82) is 0 Å². The van der Waals surface area contributed by atoms with Crippen LogP contribution in [0.25, 0.3) is 0 Å². The molecule has 7 heteroatoms. The van der Waals surface area contributed by atoms with Gasteiger partial charge in [0, 0.05) is 6.54 Å². The molecule has 5 N–H and O–H groups in total. The number of nitrogens with one attached hydrogen (secondary N) is 1. The average molecular weight is 535 g/mol. The van der Waals surface area contributed by atoms with E-state index in [0.29, 0.717) is 31.0 Å². The summed E-state index contributed by atoms with van der Waals surface area (Å²) >= 11 is 0. The van der Waals surface area contributed by atoms with E-state index in [-0.39, 0.29) is 30.7 Å². The van der Waals surface area contributed by atoms with Crippen LogP contribution in [-0.2, 0) is 6.42 Å². The van der Waals surface area contributed by atoms with E-state index in [9.17, 15) is 4.79 Å². The Morgan fingerprint density at radius 3 is 1.97 bits per heavy atom. The Bertz CT molecular complexity index is 618. The number of rotatable bonds is 22. The minimum Gasteiger partial charge on any atom is -0.493 e. The minimum atomic E-state index is -0.0403. The van der Waals surface area contributed by atoms with Crippen molar-refractivity contribution >= 4 is 30.7 Å². The second-order valence-corrected chi connectivity index (χ2v) is 9.21. The summed E-state index contributed by atoms with van der Waals surface area (Å²) in [6.45, 7) is 5.01. The monoisotopic (exact) mass is 533 g/mol. The molecule has 0 aliphatic heterocycles. The lowest BCUT2D eigenvalue weighted by molar-refractivity contribution is 0.0948. The first-order chi connectivity index (χ1) is 16.2. The van der Waals surface area contributed by atoms with E-state index in [4.69, 9.17) is 16.2 Å². The van der Waals surface area contributed by atoms with Gasteiger partial charge in [-0.25, -0.2) is 0 Å². The topological polar surface area (TPSA) is 90.4 Å². The van der Waals surface area contributed by atoms with Gasteiger partial charge in [-0.05, 0) is 62.9 Å². The van der Waals surface area contributed by atoms with Crippen LogP contribution in [0.1, 0.15) is 119 Å². The smallest absolute Gasteiger partial charge is 0.255 e. The van der Waals surface area contributed by atoms with E-state index in [1.165, 1.54) is 57.8 Å². The van der Waals surface area contributed by atoms with Gasteiger partial charge in [-0.2, -0.15) is 0 Å². The summed E-state index contributed by atoms with van der Waals surface area (Å²) in [4.78, 5) is 12.8. The average Bonchev–Trinajstić information content (AvgIpc) is 2.83. The van der Waals surface area contributed by atoms with E-state index in [1.54, 1.807) is 0 Å². The molecule has 1 rings (SSSR count). The predicted octanol–water partition coefficient (Wildman–Crippen LogP) is 6.97. The van der Waals surface area contributed by atoms with Gasteiger partial charge in [-0.1, -0.05) is 83.6 Å². The molecule has 0 aliphatic carbocycles. The molecule has 0 saturated heterocycles. The summed E-state index contributed by atoms with van der Waals surface area (Å²) in [5.41, 5.74) is 13.0. The van der Waals surface area contributed by atoms with Crippen LogP contribution >= 0.6 is 24.8 Å². The number of hydrogen-bond donors (Lipinski definition) is 3. The molecule has 0 spiro atoms. The first-order valence-corrected chi connectivity index (χ1v) is 13.7. The molecule has 5 nitrogen and oxygen atoms in total. The van der Waals surface area contributed by atoms with Crippen molar-refractivity contribution in [2.75, 3.05) is 26.2 Å². The molecular formula is C28H53Cl2N3O2. The Kier molecular flexibility index (Phi) is 26.9. The number of benzene rings is 1. The molecule has 0 atom stereocenters. The van der Waals surface area contributed by atoms with Gasteiger partial charge in [-0.3, -0.25) is 4.79 Å². The summed E-state index contributed by atoms with van der Waals surface area (Å²) in [6.07, 6.45) is 19.0. The fourth-order valence-electron chi connectivity index (χ4n) is 4.03. The molecule has 0 saturated carbocycles. The maximum absolute atomic E-state index is 12.8. The number of aryl methyl sites for hydroxylation is 1. The molecule has 1 amide bonds. The predicted molar refractivity (Wildman–Crippen MR) is 156 cm³/mol. The number of nitrogens with two attached hydrogens (primary N) is 2. The highest BCUT2D eigenvalue weighted by molar-refractivity contribution is 5.97. The summed E-state index contributed by atoms with van der Waals surface area (Å²) in [5, 5.41) is 3.07. The Morgan fingerprint density at radius 2 is 1.34 bits per heavy atom. The molecule has 206 valence electrons. The van der Waals surface area contributed by atoms with E-state index in [1.807, 2.05) is 12.1 Å². The lowest BCUT2D eigenvalue weighted by Crippen LogP contribution is -2.25. The molecule has 1 aromatic carbocycles. The van der Waals surface area contributed by atoms with Crippen LogP contribution in [0.2, 0.25) is 0 Å². The fourth-order valence-corrected chi connectivity index (χ4v) is 4.03. The maximum atomic E-state index is 12.8. The Labute approximate surface area is 227 Å². The van der Waals surface area contributed by atoms with Gasteiger partial charge in [0.2, 0.25) is 0 Å². The van der Waals surface area contributed by atoms with Crippen molar-refractivity contribution in [1.82, 2.24) is 5.32 Å². The second kappa shape index (κ2) is 26.1. The quantitative estimate of drug-likeness (QED) is 0.140. The number of carbonyl (C=O) groups is 1. The first-order valence-electron chi connectivity index (χ1n) is 13.7. The largest absolute Gasteiger partial charge is 0.493 e. The second-order valence-electron chi connectivity index (χ2n) is 9.21. The third-order valence-electron chi connectivity index (χ3n) is 6.13. The summed E-state index contributed by atoms with van der Waals surface area (Å²) < 4.78 is 6.05. The zero-order valence-corrected chi connectivity index (χ0v) is 23.8. The molecule has 1 aromatic rings. The molecule has 0 unspecified atom stereocenters. The molecule has 0 bridgehead atoms. The molecule has 0 fully saturated rings. The number of unbranched alkanes of at least 4 members (excludes halogenated alkanes) is 12. The van der Waals surface area contributed by atoms with Gasteiger partial charge in [0.05, 0.1) is 12.2 Å². The number of amides is 1. The van der Waals surface area contributed by atoms with E-state index in [2.05, 4.69) is 18.3 Å². The van der Waals surface area contributed by atoms with Crippen molar-refractivity contribution in [3.8, 4) is 5.75 Å². The van der Waals surface area contributed by atoms with Crippen molar-refractivity contribution in [2.45, 2.75) is 110 Å². The molecule has 35 heavy (non-hydrogen) atoms. The molecule has 0 aromatic heterocycles. The Balaban J connectivity index is 0. The molecule has 0 radical (unpaired) electrons. The van der Waals surface area contributed by atoms with E-state index in [0.717, 1.165) is 57.1 Å². The van der Waals surface area contributed by atoms with Gasteiger partial charge in [0.15, 0.2) is 0 Å². The number of carbonyl (C=O) groups excluding carboxylic acids is 1. The van der Waals surface area contributed by atoms with Crippen molar-refractivity contribution in [2.24, 2.45) is 11.5 Å². The highest BCUT2D eigenvalue weighted by atomic mass is 35.5. The molecule has 0 heterocycles. The minimum absolute atomic E-state index is 0. The Morgan fingerprint density at radius 1 is 0.771 bits per heavy atom. The van der Waals surface area contributed by atoms with Crippen LogP contribution in [-0.4, -0.2) is 32.1 Å². The normalized spacial score (nSPS) is 10.4. The van der Waals surface area contributed by atoms with Gasteiger partial charge < -0.3 is 21.5 Å². The van der Waals surface area contributed by atoms with Gasteiger partial charge in [-0.15, -0.1) is 24.8 Å². The highest BCUT2D eigenvalue weighted by Gasteiger charge is 2.13. The van der Waals surface area contributed by atoms with Crippen molar-refractivity contribution in [3.05, 3.63) is 29.3 Å². The number of halogens is 2. The SMILES string of the molecule is CCCCCCCCCCCCOc1ccc(CCCN)cc1C(=O)NCCCCCCN.Cl.Cl. The summed E-state index contributed by atoms with van der Waals surface area (Å²) in [5.74, 6) is 0.657. The van der Waals surface area contributed by atoms with E-state index >= 15 is 0 Å². The lowest BCUT2D eigenvalue weighted by Gasteiger charge is -2.14. The van der Waals surface area contributed by atoms with Gasteiger partial charge in [0.1, 0.15) is 5.75 Å². The third kappa shape index (κ3) is 18.9. The van der Waals surface area contributed by atoms with Crippen molar-refractivity contribution < 1.29 is 9.53 Å². The van der Waals surface area contributed by atoms with Crippen molar-refractivity contribution in [3.63, 3.8) is 0 Å². The van der Waals surface area contributed by atoms with Crippen LogP contribution in [0, 0.1) is 0 Å². The third-order valence-corrected chi connectivity index (χ3v) is 6.13. The Hall–Kier alpha value is -1.01. The highest BCUT2D eigenvalue weighted by Crippen LogP contribution is 2.22. The summed E-state index contributed by atoms with van der Waals surface area (Å²) in [6, 6.07) is 6.00. The molecule has 0 aliphatic rings. The zero-order valence-electron chi connectivity index (χ0n) is 22.2.